The molecule has 236 valence electrons. The van der Waals surface area contributed by atoms with E-state index in [2.05, 4.69) is 20.1 Å². The second kappa shape index (κ2) is 13.6. The Morgan fingerprint density at radius 3 is 2.22 bits per heavy atom. The highest BCUT2D eigenvalue weighted by Gasteiger charge is 2.26. The Bertz CT molecular complexity index is 1950. The van der Waals surface area contributed by atoms with Crippen molar-refractivity contribution in [3.05, 3.63) is 89.2 Å². The summed E-state index contributed by atoms with van der Waals surface area (Å²) >= 11 is 5.59. The van der Waals surface area contributed by atoms with Crippen molar-refractivity contribution >= 4 is 38.9 Å². The molecule has 3 heterocycles. The molecular formula is C26H19ClF4N6O7S. The van der Waals surface area contributed by atoms with Crippen LogP contribution < -0.4 is 18.9 Å². The van der Waals surface area contributed by atoms with Crippen LogP contribution >= 0.6 is 11.6 Å². The average Bonchev–Trinajstić information content (AvgIpc) is 3.46. The van der Waals surface area contributed by atoms with E-state index in [1.165, 1.54) is 44.5 Å². The second-order valence-corrected chi connectivity index (χ2v) is 10.5. The quantitative estimate of drug-likeness (QED) is 0.205. The van der Waals surface area contributed by atoms with Crippen LogP contribution in [0.4, 0.5) is 23.2 Å². The maximum Gasteiger partial charge on any atom is 0.344 e. The van der Waals surface area contributed by atoms with E-state index in [1.807, 2.05) is 0 Å². The van der Waals surface area contributed by atoms with E-state index in [0.717, 1.165) is 30.5 Å². The molecule has 2 aromatic carbocycles. The number of nitrogens with zero attached hydrogens (tertiary/aromatic N) is 5. The third-order valence-corrected chi connectivity index (χ3v) is 6.70. The maximum absolute atomic E-state index is 13.7. The number of pyridine rings is 1. The number of rotatable bonds is 9. The van der Waals surface area contributed by atoms with Crippen molar-refractivity contribution in [2.24, 2.45) is 0 Å². The average molecular weight is 671 g/mol. The first kappa shape index (κ1) is 32.7. The number of anilines is 1. The van der Waals surface area contributed by atoms with E-state index in [4.69, 9.17) is 30.9 Å². The van der Waals surface area contributed by atoms with Gasteiger partial charge in [-0.05, 0) is 49.4 Å². The first-order chi connectivity index (χ1) is 21.3. The number of sulfonamides is 1. The zero-order valence-electron chi connectivity index (χ0n) is 22.8. The topological polar surface area (TPSA) is 167 Å². The van der Waals surface area contributed by atoms with Gasteiger partial charge in [0.1, 0.15) is 28.8 Å². The molecule has 0 saturated carbocycles. The number of nitrogens with one attached hydrogen (secondary N) is 1. The van der Waals surface area contributed by atoms with Crippen molar-refractivity contribution in [1.29, 1.82) is 0 Å². The highest BCUT2D eigenvalue weighted by atomic mass is 35.5. The fourth-order valence-electron chi connectivity index (χ4n) is 3.26. The van der Waals surface area contributed by atoms with E-state index in [9.17, 15) is 30.8 Å². The molecule has 5 aromatic rings. The Hall–Kier alpha value is -5.23. The summed E-state index contributed by atoms with van der Waals surface area (Å²) in [6.45, 7) is 1.42. The van der Waals surface area contributed by atoms with Crippen molar-refractivity contribution in [2.45, 2.75) is 18.2 Å². The number of hydrogen-bond donors (Lipinski definition) is 2. The molecule has 1 atom stereocenters. The molecule has 0 unspecified atom stereocenters. The summed E-state index contributed by atoms with van der Waals surface area (Å²) in [5, 5.41) is 11.6. The molecule has 0 aliphatic carbocycles. The molecule has 13 nitrogen and oxygen atoms in total. The molecule has 19 heteroatoms. The Morgan fingerprint density at radius 2 is 1.62 bits per heavy atom. The van der Waals surface area contributed by atoms with Crippen LogP contribution in [0.25, 0.3) is 5.65 Å². The third kappa shape index (κ3) is 7.84. The summed E-state index contributed by atoms with van der Waals surface area (Å²) in [5.74, 6) is -4.47. The van der Waals surface area contributed by atoms with Gasteiger partial charge in [0, 0.05) is 6.20 Å². The number of halogens is 5. The smallest absolute Gasteiger partial charge is 0.344 e. The lowest BCUT2D eigenvalue weighted by atomic mass is 10.3. The van der Waals surface area contributed by atoms with Crippen molar-refractivity contribution in [2.75, 3.05) is 11.8 Å². The molecule has 0 saturated heterocycles. The third-order valence-electron chi connectivity index (χ3n) is 5.37. The van der Waals surface area contributed by atoms with Gasteiger partial charge in [-0.25, -0.2) is 32.3 Å². The molecule has 0 fully saturated rings. The van der Waals surface area contributed by atoms with Gasteiger partial charge < -0.3 is 19.3 Å². The van der Waals surface area contributed by atoms with Gasteiger partial charge in [0.25, 0.3) is 21.1 Å². The Labute approximate surface area is 256 Å². The van der Waals surface area contributed by atoms with Crippen molar-refractivity contribution < 1.29 is 50.1 Å². The van der Waals surface area contributed by atoms with Crippen LogP contribution in [-0.2, 0) is 14.8 Å². The number of hydrogen-bond acceptors (Lipinski definition) is 10. The van der Waals surface area contributed by atoms with Crippen LogP contribution in [0.5, 0.6) is 23.4 Å². The number of ether oxygens (including phenoxy) is 3. The highest BCUT2D eigenvalue weighted by molar-refractivity contribution is 7.92. The number of carboxylic acids is 1. The monoisotopic (exact) mass is 670 g/mol. The van der Waals surface area contributed by atoms with Crippen LogP contribution in [0, 0.1) is 23.3 Å². The molecule has 45 heavy (non-hydrogen) atoms. The predicted molar refractivity (Wildman–Crippen MR) is 148 cm³/mol. The molecule has 0 bridgehead atoms. The van der Waals surface area contributed by atoms with Gasteiger partial charge in [-0.3, -0.25) is 4.72 Å². The molecule has 5 rings (SSSR count). The van der Waals surface area contributed by atoms with Gasteiger partial charge in [-0.2, -0.15) is 17.9 Å². The minimum atomic E-state index is -4.58. The zero-order chi connectivity index (χ0) is 32.9. The number of carbonyl (C=O) groups is 1. The van der Waals surface area contributed by atoms with Crippen molar-refractivity contribution in [1.82, 2.24) is 24.6 Å². The molecule has 0 aliphatic rings. The molecule has 0 radical (unpaired) electrons. The van der Waals surface area contributed by atoms with Gasteiger partial charge in [0.15, 0.2) is 23.4 Å². The van der Waals surface area contributed by atoms with Crippen LogP contribution in [-0.4, -0.2) is 57.3 Å². The molecule has 2 N–H and O–H groups in total. The first-order valence-corrected chi connectivity index (χ1v) is 14.1. The number of aliphatic carboxylic acids is 1. The van der Waals surface area contributed by atoms with Crippen molar-refractivity contribution in [3.8, 4) is 23.4 Å². The van der Waals surface area contributed by atoms with E-state index in [-0.39, 0.29) is 16.9 Å². The van der Waals surface area contributed by atoms with Gasteiger partial charge in [-0.15, -0.1) is 5.10 Å². The molecule has 3 aromatic heterocycles. The minimum Gasteiger partial charge on any atom is -0.479 e. The SMILES string of the molecule is COc1ncc(F)c2nc(S(=O)(=O)Nc3c(F)cccc3F)nn12.C[C@@H](Oc1ccc(Oc2ncc(Cl)cc2F)cc1)C(=O)O. The lowest BCUT2D eigenvalue weighted by Gasteiger charge is -2.11. The van der Waals surface area contributed by atoms with E-state index >= 15 is 0 Å². The summed E-state index contributed by atoms with van der Waals surface area (Å²) in [4.78, 5) is 21.5. The minimum absolute atomic E-state index is 0.172. The summed E-state index contributed by atoms with van der Waals surface area (Å²) in [7, 11) is -3.37. The lowest BCUT2D eigenvalue weighted by molar-refractivity contribution is -0.144. The Morgan fingerprint density at radius 1 is 0.978 bits per heavy atom. The number of para-hydroxylation sites is 1. The summed E-state index contributed by atoms with van der Waals surface area (Å²) < 4.78 is 96.4. The number of fused-ring (bicyclic) bond motifs is 1. The number of carboxylic acid groups (broad SMARTS) is 1. The maximum atomic E-state index is 13.7. The van der Waals surface area contributed by atoms with E-state index < -0.39 is 61.9 Å². The first-order valence-electron chi connectivity index (χ1n) is 12.2. The normalized spacial score (nSPS) is 11.7. The second-order valence-electron chi connectivity index (χ2n) is 8.54. The predicted octanol–water partition coefficient (Wildman–Crippen LogP) is 4.87. The fourth-order valence-corrected chi connectivity index (χ4v) is 4.36. The lowest BCUT2D eigenvalue weighted by Crippen LogP contribution is -2.22. The highest BCUT2D eigenvalue weighted by Crippen LogP contribution is 2.26. The van der Waals surface area contributed by atoms with E-state index in [1.54, 1.807) is 4.72 Å². The fraction of sp³-hybridized carbons (Fsp3) is 0.115. The number of aromatic nitrogens is 5. The molecular weight excluding hydrogens is 652 g/mol. The van der Waals surface area contributed by atoms with Gasteiger partial charge in [-0.1, -0.05) is 17.7 Å². The van der Waals surface area contributed by atoms with E-state index in [0.29, 0.717) is 16.0 Å². The standard InChI is InChI=1S/C14H11ClFNO4.C12H8F3N5O3S/c1-8(14(18)19)20-10-2-4-11(5-3-10)21-13-12(16)6-9(15)7-17-13;1-23-12-16-5-8(15)10-17-11(18-20(10)12)24(21,22)19-9-6(13)3-2-4-7(9)14/h2-8H,1H3,(H,18,19);2-5,19H,1H3/t8-;/m1./s1. The van der Waals surface area contributed by atoms with Crippen molar-refractivity contribution in [3.63, 3.8) is 0 Å². The summed E-state index contributed by atoms with van der Waals surface area (Å²) in [6.07, 6.45) is 1.07. The van der Waals surface area contributed by atoms with Crippen LogP contribution in [0.15, 0.2) is 66.1 Å². The van der Waals surface area contributed by atoms with Gasteiger partial charge in [0.2, 0.25) is 0 Å². The Kier molecular flexibility index (Phi) is 9.88. The van der Waals surface area contributed by atoms with Crippen LogP contribution in [0.3, 0.4) is 0 Å². The number of methoxy groups -OCH3 is 1. The van der Waals surface area contributed by atoms with Gasteiger partial charge in [0.05, 0.1) is 18.3 Å². The van der Waals surface area contributed by atoms with Crippen LogP contribution in [0.1, 0.15) is 6.92 Å². The molecule has 0 aliphatic heterocycles. The summed E-state index contributed by atoms with van der Waals surface area (Å²) in [5.41, 5.74) is -1.38. The molecule has 0 spiro atoms. The van der Waals surface area contributed by atoms with Crippen LogP contribution in [0.2, 0.25) is 5.02 Å². The summed E-state index contributed by atoms with van der Waals surface area (Å²) in [6, 6.07) is 9.73. The zero-order valence-corrected chi connectivity index (χ0v) is 24.4. The number of benzene rings is 2. The molecule has 0 amide bonds. The largest absolute Gasteiger partial charge is 0.479 e. The van der Waals surface area contributed by atoms with Gasteiger partial charge >= 0.3 is 12.0 Å². The Balaban J connectivity index is 0.000000207.